The van der Waals surface area contributed by atoms with Crippen LogP contribution in [0, 0.1) is 0 Å². The Balaban J connectivity index is 1.64. The third-order valence-electron chi connectivity index (χ3n) is 7.56. The van der Waals surface area contributed by atoms with E-state index in [-0.39, 0.29) is 0 Å². The van der Waals surface area contributed by atoms with Crippen LogP contribution in [0.25, 0.3) is 0 Å². The molecule has 0 saturated heterocycles. The van der Waals surface area contributed by atoms with Crippen LogP contribution in [0.2, 0.25) is 0 Å². The fraction of sp³-hybridized carbons (Fsp3) is 0. The van der Waals surface area contributed by atoms with Crippen LogP contribution in [-0.2, 0) is 0 Å². The van der Waals surface area contributed by atoms with Crippen molar-refractivity contribution in [2.45, 2.75) is 0 Å². The van der Waals surface area contributed by atoms with Crippen LogP contribution in [0.15, 0.2) is 176 Å². The molecule has 0 aliphatic carbocycles. The van der Waals surface area contributed by atoms with E-state index in [0.29, 0.717) is 0 Å². The maximum atomic E-state index is 2.38. The molecule has 38 heavy (non-hydrogen) atoms. The van der Waals surface area contributed by atoms with Crippen molar-refractivity contribution in [2.75, 3.05) is 4.90 Å². The first kappa shape index (κ1) is 23.6. The first-order chi connectivity index (χ1) is 18.9. The van der Waals surface area contributed by atoms with Gasteiger partial charge in [-0.3, -0.25) is 0 Å². The first-order valence-electron chi connectivity index (χ1n) is 13.2. The SMILES string of the molecule is c1ccc(N(c2ccccc2)c2cccc([B-](c3ccccc3)(c3ccccc3)c3ccccc3)c2)cc1. The van der Waals surface area contributed by atoms with Gasteiger partial charge in [0, 0.05) is 17.1 Å². The zero-order valence-corrected chi connectivity index (χ0v) is 21.3. The number of benzene rings is 6. The molecule has 0 saturated carbocycles. The van der Waals surface area contributed by atoms with Crippen LogP contribution in [0.4, 0.5) is 17.1 Å². The van der Waals surface area contributed by atoms with Gasteiger partial charge in [0.05, 0.1) is 0 Å². The van der Waals surface area contributed by atoms with E-state index in [0.717, 1.165) is 17.1 Å². The summed E-state index contributed by atoms with van der Waals surface area (Å²) < 4.78 is 0. The van der Waals surface area contributed by atoms with Crippen LogP contribution in [0.5, 0.6) is 0 Å². The van der Waals surface area contributed by atoms with Gasteiger partial charge >= 0.3 is 0 Å². The zero-order valence-electron chi connectivity index (χ0n) is 21.3. The molecule has 6 aromatic carbocycles. The Bertz CT molecular complexity index is 1450. The van der Waals surface area contributed by atoms with Crippen LogP contribution in [0.1, 0.15) is 0 Å². The van der Waals surface area contributed by atoms with Crippen molar-refractivity contribution in [2.24, 2.45) is 0 Å². The second kappa shape index (κ2) is 10.7. The molecule has 0 atom stereocenters. The summed E-state index contributed by atoms with van der Waals surface area (Å²) >= 11 is 0. The highest BCUT2D eigenvalue weighted by Gasteiger charge is 2.32. The average molecular weight is 486 g/mol. The molecule has 0 fully saturated rings. The normalized spacial score (nSPS) is 11.2. The molecule has 0 N–H and O–H groups in total. The second-order valence-electron chi connectivity index (χ2n) is 9.70. The molecule has 6 aromatic rings. The smallest absolute Gasteiger partial charge is 0.108 e. The van der Waals surface area contributed by atoms with Crippen molar-refractivity contribution >= 4 is 45.1 Å². The fourth-order valence-electron chi connectivity index (χ4n) is 5.91. The lowest BCUT2D eigenvalue weighted by Gasteiger charge is -2.44. The van der Waals surface area contributed by atoms with Crippen molar-refractivity contribution in [1.29, 1.82) is 0 Å². The minimum Gasteiger partial charge on any atom is -0.311 e. The Labute approximate surface area is 225 Å². The molecule has 182 valence electrons. The van der Waals surface area contributed by atoms with Gasteiger partial charge in [-0.25, -0.2) is 0 Å². The van der Waals surface area contributed by atoms with Crippen LogP contribution in [0.3, 0.4) is 0 Å². The summed E-state index contributed by atoms with van der Waals surface area (Å²) in [6.07, 6.45) is -1.44. The lowest BCUT2D eigenvalue weighted by atomic mass is 9.13. The standard InChI is InChI=1S/C36H29BN/c1-6-17-30(18-7-1)37(31-19-8-2-9-20-31,32-21-10-3-11-22-32)33-23-16-28-36(29-33)38(34-24-12-4-13-25-34)35-26-14-5-15-27-35/h1-29H/q-1. The van der Waals surface area contributed by atoms with Crippen molar-refractivity contribution < 1.29 is 0 Å². The summed E-state index contributed by atoms with van der Waals surface area (Å²) in [5.41, 5.74) is 8.58. The van der Waals surface area contributed by atoms with E-state index in [1.807, 2.05) is 0 Å². The molecule has 0 spiro atoms. The lowest BCUT2D eigenvalue weighted by molar-refractivity contribution is 1.29. The minimum atomic E-state index is -1.44. The summed E-state index contributed by atoms with van der Waals surface area (Å²) in [4.78, 5) is 2.34. The molecular weight excluding hydrogens is 457 g/mol. The predicted octanol–water partition coefficient (Wildman–Crippen LogP) is 6.53. The highest BCUT2D eigenvalue weighted by atomic mass is 15.1. The number of para-hydroxylation sites is 2. The third-order valence-corrected chi connectivity index (χ3v) is 7.56. The molecular formula is C36H29BN-. The molecule has 0 aliphatic rings. The highest BCUT2D eigenvalue weighted by molar-refractivity contribution is 7.19. The van der Waals surface area contributed by atoms with Gasteiger partial charge in [-0.2, -0.15) is 21.9 Å². The molecule has 2 heteroatoms. The highest BCUT2D eigenvalue weighted by Crippen LogP contribution is 2.33. The lowest BCUT2D eigenvalue weighted by Crippen LogP contribution is -2.74. The van der Waals surface area contributed by atoms with Gasteiger partial charge in [-0.1, -0.05) is 146 Å². The van der Waals surface area contributed by atoms with Gasteiger partial charge in [0.25, 0.3) is 0 Å². The van der Waals surface area contributed by atoms with Crippen molar-refractivity contribution in [1.82, 2.24) is 0 Å². The quantitative estimate of drug-likeness (QED) is 0.232. The number of hydrogen-bond acceptors (Lipinski definition) is 1. The van der Waals surface area contributed by atoms with Crippen LogP contribution < -0.4 is 26.8 Å². The summed E-state index contributed by atoms with van der Waals surface area (Å²) in [5.74, 6) is 0. The molecule has 0 unspecified atom stereocenters. The Morgan fingerprint density at radius 1 is 0.289 bits per heavy atom. The number of rotatable bonds is 7. The average Bonchev–Trinajstić information content (AvgIpc) is 3.01. The molecule has 0 heterocycles. The van der Waals surface area contributed by atoms with E-state index in [1.54, 1.807) is 0 Å². The van der Waals surface area contributed by atoms with E-state index in [9.17, 15) is 0 Å². The van der Waals surface area contributed by atoms with Crippen LogP contribution >= 0.6 is 0 Å². The number of hydrogen-bond donors (Lipinski definition) is 0. The summed E-state index contributed by atoms with van der Waals surface area (Å²) in [7, 11) is 0. The first-order valence-corrected chi connectivity index (χ1v) is 13.2. The molecule has 0 aromatic heterocycles. The topological polar surface area (TPSA) is 3.24 Å². The Morgan fingerprint density at radius 3 is 1.00 bits per heavy atom. The van der Waals surface area contributed by atoms with Crippen LogP contribution in [-0.4, -0.2) is 6.15 Å². The Morgan fingerprint density at radius 2 is 0.605 bits per heavy atom. The van der Waals surface area contributed by atoms with E-state index < -0.39 is 6.15 Å². The monoisotopic (exact) mass is 486 g/mol. The van der Waals surface area contributed by atoms with Crippen molar-refractivity contribution in [3.63, 3.8) is 0 Å². The molecule has 6 rings (SSSR count). The maximum absolute atomic E-state index is 2.38. The third kappa shape index (κ3) is 4.31. The van der Waals surface area contributed by atoms with Gasteiger partial charge < -0.3 is 4.90 Å². The predicted molar refractivity (Wildman–Crippen MR) is 165 cm³/mol. The Kier molecular flexibility index (Phi) is 6.61. The molecule has 0 radical (unpaired) electrons. The molecule has 1 nitrogen and oxygen atoms in total. The molecule has 0 aliphatic heterocycles. The fourth-order valence-corrected chi connectivity index (χ4v) is 5.91. The van der Waals surface area contributed by atoms with E-state index in [2.05, 4.69) is 181 Å². The summed E-state index contributed by atoms with van der Waals surface area (Å²) in [6.45, 7) is 0. The van der Waals surface area contributed by atoms with Gasteiger partial charge in [0.2, 0.25) is 0 Å². The van der Waals surface area contributed by atoms with Gasteiger partial charge in [-0.05, 0) is 30.3 Å². The summed E-state index contributed by atoms with van der Waals surface area (Å²) in [6, 6.07) is 63.2. The van der Waals surface area contributed by atoms with E-state index in [4.69, 9.17) is 0 Å². The van der Waals surface area contributed by atoms with E-state index >= 15 is 0 Å². The second-order valence-corrected chi connectivity index (χ2v) is 9.70. The van der Waals surface area contributed by atoms with Gasteiger partial charge in [-0.15, -0.1) is 0 Å². The Hall–Kier alpha value is -4.82. The largest absolute Gasteiger partial charge is 0.311 e. The summed E-state index contributed by atoms with van der Waals surface area (Å²) in [5, 5.41) is 0. The van der Waals surface area contributed by atoms with Gasteiger partial charge in [0.1, 0.15) is 6.15 Å². The van der Waals surface area contributed by atoms with Crippen molar-refractivity contribution in [3.05, 3.63) is 176 Å². The number of anilines is 3. The van der Waals surface area contributed by atoms with Gasteiger partial charge in [0.15, 0.2) is 0 Å². The maximum Gasteiger partial charge on any atom is 0.108 e. The zero-order chi connectivity index (χ0) is 25.6. The van der Waals surface area contributed by atoms with E-state index in [1.165, 1.54) is 21.9 Å². The minimum absolute atomic E-state index is 1.13. The van der Waals surface area contributed by atoms with Crippen molar-refractivity contribution in [3.8, 4) is 0 Å². The number of nitrogens with zero attached hydrogens (tertiary/aromatic N) is 1. The molecule has 0 bridgehead atoms. The molecule has 0 amide bonds.